The van der Waals surface area contributed by atoms with Crippen LogP contribution in [0.4, 0.5) is 0 Å². The van der Waals surface area contributed by atoms with Crippen LogP contribution in [0.15, 0.2) is 12.2 Å². The van der Waals surface area contributed by atoms with Gasteiger partial charge < -0.3 is 5.73 Å². The molecular formula is C8H16N2O2S. The molecule has 13 heavy (non-hydrogen) atoms. The van der Waals surface area contributed by atoms with Gasteiger partial charge in [-0.05, 0) is 0 Å². The van der Waals surface area contributed by atoms with Crippen LogP contribution in [0, 0.1) is 0 Å². The van der Waals surface area contributed by atoms with Gasteiger partial charge in [0.15, 0.2) is 9.84 Å². The van der Waals surface area contributed by atoms with E-state index in [9.17, 15) is 8.42 Å². The quantitative estimate of drug-likeness (QED) is 0.613. The van der Waals surface area contributed by atoms with Gasteiger partial charge in [0.1, 0.15) is 0 Å². The highest BCUT2D eigenvalue weighted by molar-refractivity contribution is 7.91. The Morgan fingerprint density at radius 3 is 2.38 bits per heavy atom. The molecule has 0 radical (unpaired) electrons. The van der Waals surface area contributed by atoms with Gasteiger partial charge in [-0.25, -0.2) is 8.42 Å². The highest BCUT2D eigenvalue weighted by Gasteiger charge is 2.20. The minimum atomic E-state index is -2.74. The van der Waals surface area contributed by atoms with Crippen molar-refractivity contribution in [1.82, 2.24) is 4.90 Å². The van der Waals surface area contributed by atoms with Crippen LogP contribution in [0.3, 0.4) is 0 Å². The van der Waals surface area contributed by atoms with Crippen molar-refractivity contribution in [3.05, 3.63) is 12.2 Å². The zero-order chi connectivity index (χ0) is 9.73. The van der Waals surface area contributed by atoms with Crippen molar-refractivity contribution in [2.45, 2.75) is 0 Å². The molecule has 0 aliphatic carbocycles. The van der Waals surface area contributed by atoms with Gasteiger partial charge in [0.2, 0.25) is 0 Å². The third-order valence-electron chi connectivity index (χ3n) is 2.10. The number of nitrogens with zero attached hydrogens (tertiary/aromatic N) is 1. The molecule has 2 N–H and O–H groups in total. The molecule has 0 aromatic heterocycles. The molecule has 1 rings (SSSR count). The van der Waals surface area contributed by atoms with Crippen LogP contribution in [-0.2, 0) is 9.84 Å². The van der Waals surface area contributed by atoms with E-state index in [1.54, 1.807) is 0 Å². The first kappa shape index (κ1) is 10.7. The number of nitrogens with two attached hydrogens (primary N) is 1. The summed E-state index contributed by atoms with van der Waals surface area (Å²) in [6.07, 6.45) is 3.88. The molecule has 0 aromatic carbocycles. The van der Waals surface area contributed by atoms with Crippen molar-refractivity contribution in [1.29, 1.82) is 0 Å². The van der Waals surface area contributed by atoms with Gasteiger partial charge in [0.25, 0.3) is 0 Å². The maximum atomic E-state index is 11.1. The van der Waals surface area contributed by atoms with Crippen LogP contribution >= 0.6 is 0 Å². The van der Waals surface area contributed by atoms with E-state index in [0.717, 1.165) is 6.54 Å². The lowest BCUT2D eigenvalue weighted by molar-refractivity contribution is 0.327. The number of hydrogen-bond acceptors (Lipinski definition) is 4. The predicted molar refractivity (Wildman–Crippen MR) is 53.3 cm³/mol. The Bertz CT molecular complexity index is 258. The summed E-state index contributed by atoms with van der Waals surface area (Å²) in [4.78, 5) is 2.12. The van der Waals surface area contributed by atoms with Gasteiger partial charge in [0.05, 0.1) is 11.5 Å². The molecule has 0 bridgehead atoms. The molecule has 4 nitrogen and oxygen atoms in total. The molecule has 0 atom stereocenters. The highest BCUT2D eigenvalue weighted by atomic mass is 32.2. The molecule has 1 fully saturated rings. The second-order valence-electron chi connectivity index (χ2n) is 3.16. The highest BCUT2D eigenvalue weighted by Crippen LogP contribution is 2.02. The van der Waals surface area contributed by atoms with Gasteiger partial charge in [-0.2, -0.15) is 0 Å². The van der Waals surface area contributed by atoms with Crippen LogP contribution in [0.5, 0.6) is 0 Å². The molecule has 0 unspecified atom stereocenters. The summed E-state index contributed by atoms with van der Waals surface area (Å²) in [5.74, 6) is 0.590. The Kier molecular flexibility index (Phi) is 3.90. The molecule has 1 heterocycles. The van der Waals surface area contributed by atoms with E-state index < -0.39 is 9.84 Å². The van der Waals surface area contributed by atoms with E-state index in [1.165, 1.54) is 0 Å². The van der Waals surface area contributed by atoms with Crippen LogP contribution in [0.25, 0.3) is 0 Å². The summed E-state index contributed by atoms with van der Waals surface area (Å²) in [6.45, 7) is 2.66. The third kappa shape index (κ3) is 3.89. The van der Waals surface area contributed by atoms with Crippen molar-refractivity contribution < 1.29 is 8.42 Å². The summed E-state index contributed by atoms with van der Waals surface area (Å²) in [7, 11) is -2.74. The van der Waals surface area contributed by atoms with Crippen molar-refractivity contribution in [2.24, 2.45) is 5.73 Å². The van der Waals surface area contributed by atoms with E-state index in [4.69, 9.17) is 5.73 Å². The molecule has 76 valence electrons. The first-order valence-electron chi connectivity index (χ1n) is 4.42. The molecule has 0 spiro atoms. The average molecular weight is 204 g/mol. The zero-order valence-corrected chi connectivity index (χ0v) is 8.46. The SMILES string of the molecule is NCC=CCN1CCS(=O)(=O)CC1. The van der Waals surface area contributed by atoms with Crippen LogP contribution in [0.1, 0.15) is 0 Å². The third-order valence-corrected chi connectivity index (χ3v) is 3.71. The average Bonchev–Trinajstić information content (AvgIpc) is 2.08. The normalized spacial score (nSPS) is 23.8. The van der Waals surface area contributed by atoms with Gasteiger partial charge >= 0.3 is 0 Å². The molecule has 5 heteroatoms. The van der Waals surface area contributed by atoms with Crippen molar-refractivity contribution in [2.75, 3.05) is 37.7 Å². The minimum Gasteiger partial charge on any atom is -0.327 e. The van der Waals surface area contributed by atoms with Gasteiger partial charge in [-0.3, -0.25) is 4.90 Å². The Morgan fingerprint density at radius 1 is 1.23 bits per heavy atom. The lowest BCUT2D eigenvalue weighted by atomic mass is 10.4. The fourth-order valence-corrected chi connectivity index (χ4v) is 2.53. The molecule has 1 aliphatic rings. The number of hydrogen-bond donors (Lipinski definition) is 1. The first-order valence-corrected chi connectivity index (χ1v) is 6.24. The lowest BCUT2D eigenvalue weighted by Gasteiger charge is -2.24. The van der Waals surface area contributed by atoms with Gasteiger partial charge in [-0.1, -0.05) is 12.2 Å². The maximum Gasteiger partial charge on any atom is 0.152 e. The van der Waals surface area contributed by atoms with Crippen LogP contribution in [-0.4, -0.2) is 51.0 Å². The largest absolute Gasteiger partial charge is 0.327 e. The maximum absolute atomic E-state index is 11.1. The Morgan fingerprint density at radius 2 is 1.85 bits per heavy atom. The Balaban J connectivity index is 2.29. The fraction of sp³-hybridized carbons (Fsp3) is 0.750. The molecular weight excluding hydrogens is 188 g/mol. The van der Waals surface area contributed by atoms with Crippen LogP contribution in [0.2, 0.25) is 0 Å². The molecule has 1 aliphatic heterocycles. The molecule has 0 amide bonds. The first-order chi connectivity index (χ1) is 6.14. The predicted octanol–water partition coefficient (Wildman–Crippen LogP) is -0.768. The van der Waals surface area contributed by atoms with Gasteiger partial charge in [-0.15, -0.1) is 0 Å². The summed E-state index contributed by atoms with van der Waals surface area (Å²) in [5.41, 5.74) is 5.29. The summed E-state index contributed by atoms with van der Waals surface area (Å²) in [5, 5.41) is 0. The van der Waals surface area contributed by atoms with E-state index >= 15 is 0 Å². The molecule has 0 aromatic rings. The number of sulfone groups is 1. The van der Waals surface area contributed by atoms with Crippen molar-refractivity contribution in [3.8, 4) is 0 Å². The zero-order valence-electron chi connectivity index (χ0n) is 7.65. The number of rotatable bonds is 3. The Hall–Kier alpha value is -0.390. The van der Waals surface area contributed by atoms with E-state index in [1.807, 2.05) is 12.2 Å². The smallest absolute Gasteiger partial charge is 0.152 e. The summed E-state index contributed by atoms with van der Waals surface area (Å²) in [6, 6.07) is 0. The fourth-order valence-electron chi connectivity index (χ4n) is 1.25. The second-order valence-corrected chi connectivity index (χ2v) is 5.46. The Labute approximate surface area is 79.3 Å². The van der Waals surface area contributed by atoms with E-state index in [-0.39, 0.29) is 0 Å². The standard InChI is InChI=1S/C8H16N2O2S/c9-3-1-2-4-10-5-7-13(11,12)8-6-10/h1-2H,3-9H2. The topological polar surface area (TPSA) is 63.4 Å². The molecule has 1 saturated heterocycles. The monoisotopic (exact) mass is 204 g/mol. The van der Waals surface area contributed by atoms with Crippen LogP contribution < -0.4 is 5.73 Å². The molecule has 0 saturated carbocycles. The summed E-state index contributed by atoms with van der Waals surface area (Å²) < 4.78 is 22.1. The van der Waals surface area contributed by atoms with Crippen molar-refractivity contribution in [3.63, 3.8) is 0 Å². The minimum absolute atomic E-state index is 0.295. The second kappa shape index (κ2) is 4.74. The summed E-state index contributed by atoms with van der Waals surface area (Å²) >= 11 is 0. The van der Waals surface area contributed by atoms with Gasteiger partial charge in [0, 0.05) is 26.2 Å². The van der Waals surface area contributed by atoms with E-state index in [2.05, 4.69) is 4.90 Å². The van der Waals surface area contributed by atoms with Crippen molar-refractivity contribution >= 4 is 9.84 Å². The van der Waals surface area contributed by atoms with E-state index in [0.29, 0.717) is 31.1 Å². The lowest BCUT2D eigenvalue weighted by Crippen LogP contribution is -2.40.